The Morgan fingerprint density at radius 3 is 2.64 bits per heavy atom. The monoisotopic (exact) mass is 378 g/mol. The van der Waals surface area contributed by atoms with Crippen molar-refractivity contribution in [3.8, 4) is 0 Å². The molecule has 0 unspecified atom stereocenters. The third-order valence-electron chi connectivity index (χ3n) is 5.32. The number of aromatic nitrogens is 1. The molecule has 1 aliphatic heterocycles. The molecule has 4 rings (SSSR count). The first kappa shape index (κ1) is 18.0. The van der Waals surface area contributed by atoms with Gasteiger partial charge in [0.2, 0.25) is 5.91 Å². The van der Waals surface area contributed by atoms with Gasteiger partial charge < -0.3 is 14.8 Å². The van der Waals surface area contributed by atoms with Crippen LogP contribution in [0.2, 0.25) is 0 Å². The Balaban J connectivity index is 1.33. The van der Waals surface area contributed by atoms with Crippen LogP contribution in [0, 0.1) is 10.1 Å². The number of anilines is 1. The molecule has 7 nitrogen and oxygen atoms in total. The molecule has 28 heavy (non-hydrogen) atoms. The number of carbonyl (C=O) groups is 1. The minimum Gasteiger partial charge on any atom is -0.368 e. The first-order chi connectivity index (χ1) is 13.6. The first-order valence-electron chi connectivity index (χ1n) is 9.44. The second-order valence-corrected chi connectivity index (χ2v) is 7.00. The Morgan fingerprint density at radius 2 is 1.86 bits per heavy atom. The van der Waals surface area contributed by atoms with E-state index in [9.17, 15) is 14.9 Å². The normalized spacial score (nSPS) is 14.4. The molecule has 2 aromatic carbocycles. The van der Waals surface area contributed by atoms with Crippen molar-refractivity contribution in [3.05, 3.63) is 70.4 Å². The number of nitro groups is 1. The SMILES string of the molecule is O=C(CCc1c[nH]c2ccccc12)N1CCN(c2cccc([N+](=O)[O-])c2)CC1. The fraction of sp³-hybridized carbons (Fsp3) is 0.286. The van der Waals surface area contributed by atoms with Gasteiger partial charge in [0, 0.05) is 67.5 Å². The van der Waals surface area contributed by atoms with Crippen molar-refractivity contribution < 1.29 is 9.72 Å². The molecule has 1 saturated heterocycles. The van der Waals surface area contributed by atoms with E-state index in [1.807, 2.05) is 35.4 Å². The molecule has 3 aromatic rings. The molecule has 0 bridgehead atoms. The van der Waals surface area contributed by atoms with Gasteiger partial charge >= 0.3 is 0 Å². The molecular formula is C21H22N4O3. The zero-order chi connectivity index (χ0) is 19.5. The highest BCUT2D eigenvalue weighted by Crippen LogP contribution is 2.23. The van der Waals surface area contributed by atoms with E-state index < -0.39 is 0 Å². The quantitative estimate of drug-likeness (QED) is 0.545. The van der Waals surface area contributed by atoms with E-state index in [1.54, 1.807) is 12.1 Å². The molecule has 0 aliphatic carbocycles. The van der Waals surface area contributed by atoms with Gasteiger partial charge in [-0.15, -0.1) is 0 Å². The molecule has 1 aliphatic rings. The van der Waals surface area contributed by atoms with Crippen LogP contribution in [0.5, 0.6) is 0 Å². The average molecular weight is 378 g/mol. The Hall–Kier alpha value is -3.35. The highest BCUT2D eigenvalue weighted by molar-refractivity contribution is 5.84. The van der Waals surface area contributed by atoms with Gasteiger partial charge in [-0.1, -0.05) is 24.3 Å². The summed E-state index contributed by atoms with van der Waals surface area (Å²) in [4.78, 5) is 30.4. The number of aryl methyl sites for hydroxylation is 1. The molecule has 0 radical (unpaired) electrons. The van der Waals surface area contributed by atoms with E-state index in [0.717, 1.165) is 11.2 Å². The lowest BCUT2D eigenvalue weighted by Gasteiger charge is -2.36. The Labute approximate surface area is 162 Å². The lowest BCUT2D eigenvalue weighted by atomic mass is 10.1. The third kappa shape index (κ3) is 3.69. The number of rotatable bonds is 5. The van der Waals surface area contributed by atoms with Crippen LogP contribution in [-0.2, 0) is 11.2 Å². The number of fused-ring (bicyclic) bond motifs is 1. The van der Waals surface area contributed by atoms with Gasteiger partial charge in [0.25, 0.3) is 5.69 Å². The predicted octanol–water partition coefficient (Wildman–Crippen LogP) is 3.36. The molecule has 0 spiro atoms. The number of hydrogen-bond donors (Lipinski definition) is 1. The Bertz CT molecular complexity index is 1010. The average Bonchev–Trinajstić information content (AvgIpc) is 3.15. The summed E-state index contributed by atoms with van der Waals surface area (Å²) in [5.41, 5.74) is 3.18. The number of benzene rings is 2. The number of nitrogens with one attached hydrogen (secondary N) is 1. The molecule has 7 heteroatoms. The summed E-state index contributed by atoms with van der Waals surface area (Å²) in [5, 5.41) is 12.1. The van der Waals surface area contributed by atoms with Crippen molar-refractivity contribution in [1.82, 2.24) is 9.88 Å². The van der Waals surface area contributed by atoms with Crippen molar-refractivity contribution in [2.45, 2.75) is 12.8 Å². The van der Waals surface area contributed by atoms with E-state index in [0.29, 0.717) is 39.0 Å². The third-order valence-corrected chi connectivity index (χ3v) is 5.32. The number of nitrogens with zero attached hydrogens (tertiary/aromatic N) is 3. The molecule has 1 fully saturated rings. The Kier molecular flexibility index (Phi) is 4.97. The number of aromatic amines is 1. The van der Waals surface area contributed by atoms with Crippen molar-refractivity contribution in [2.24, 2.45) is 0 Å². The lowest BCUT2D eigenvalue weighted by Crippen LogP contribution is -2.48. The van der Waals surface area contributed by atoms with Gasteiger partial charge in [-0.25, -0.2) is 0 Å². The fourth-order valence-corrected chi connectivity index (χ4v) is 3.76. The van der Waals surface area contributed by atoms with Crippen LogP contribution < -0.4 is 4.90 Å². The fourth-order valence-electron chi connectivity index (χ4n) is 3.76. The number of amides is 1. The number of hydrogen-bond acceptors (Lipinski definition) is 4. The molecular weight excluding hydrogens is 356 g/mol. The van der Waals surface area contributed by atoms with Crippen LogP contribution in [0.3, 0.4) is 0 Å². The first-order valence-corrected chi connectivity index (χ1v) is 9.44. The topological polar surface area (TPSA) is 82.5 Å². The van der Waals surface area contributed by atoms with Crippen molar-refractivity contribution in [1.29, 1.82) is 0 Å². The molecule has 1 N–H and O–H groups in total. The van der Waals surface area contributed by atoms with Crippen LogP contribution in [0.1, 0.15) is 12.0 Å². The van der Waals surface area contributed by atoms with Crippen molar-refractivity contribution in [2.75, 3.05) is 31.1 Å². The predicted molar refractivity (Wildman–Crippen MR) is 109 cm³/mol. The summed E-state index contributed by atoms with van der Waals surface area (Å²) in [5.74, 6) is 0.156. The van der Waals surface area contributed by atoms with E-state index in [2.05, 4.69) is 16.0 Å². The van der Waals surface area contributed by atoms with Crippen LogP contribution in [-0.4, -0.2) is 46.9 Å². The number of piperazine rings is 1. The zero-order valence-corrected chi connectivity index (χ0v) is 15.5. The number of nitro benzene ring substituents is 1. The molecule has 1 aromatic heterocycles. The van der Waals surface area contributed by atoms with Gasteiger partial charge in [-0.05, 0) is 24.1 Å². The zero-order valence-electron chi connectivity index (χ0n) is 15.5. The summed E-state index contributed by atoms with van der Waals surface area (Å²) >= 11 is 0. The summed E-state index contributed by atoms with van der Waals surface area (Å²) in [6.07, 6.45) is 3.19. The molecule has 0 saturated carbocycles. The summed E-state index contributed by atoms with van der Waals surface area (Å²) < 4.78 is 0. The number of H-pyrrole nitrogens is 1. The number of para-hydroxylation sites is 1. The van der Waals surface area contributed by atoms with Crippen LogP contribution in [0.15, 0.2) is 54.7 Å². The maximum atomic E-state index is 12.6. The van der Waals surface area contributed by atoms with Gasteiger partial charge in [0.15, 0.2) is 0 Å². The minimum absolute atomic E-state index is 0.0923. The van der Waals surface area contributed by atoms with Crippen LogP contribution in [0.25, 0.3) is 10.9 Å². The number of non-ortho nitro benzene ring substituents is 1. The van der Waals surface area contributed by atoms with Gasteiger partial charge in [-0.2, -0.15) is 0 Å². The standard InChI is InChI=1S/C21H22N4O3/c26-21(9-8-16-15-22-20-7-2-1-6-19(16)20)24-12-10-23(11-13-24)17-4-3-5-18(14-17)25(27)28/h1-7,14-15,22H,8-13H2. The molecule has 144 valence electrons. The molecule has 0 atom stereocenters. The van der Waals surface area contributed by atoms with E-state index >= 15 is 0 Å². The van der Waals surface area contributed by atoms with Crippen LogP contribution >= 0.6 is 0 Å². The second kappa shape index (κ2) is 7.72. The largest absolute Gasteiger partial charge is 0.368 e. The highest BCUT2D eigenvalue weighted by atomic mass is 16.6. The van der Waals surface area contributed by atoms with E-state index in [4.69, 9.17) is 0 Å². The second-order valence-electron chi connectivity index (χ2n) is 7.00. The van der Waals surface area contributed by atoms with Gasteiger partial charge in [-0.3, -0.25) is 14.9 Å². The minimum atomic E-state index is -0.381. The highest BCUT2D eigenvalue weighted by Gasteiger charge is 2.22. The smallest absolute Gasteiger partial charge is 0.271 e. The maximum absolute atomic E-state index is 12.6. The van der Waals surface area contributed by atoms with Crippen molar-refractivity contribution in [3.63, 3.8) is 0 Å². The maximum Gasteiger partial charge on any atom is 0.271 e. The van der Waals surface area contributed by atoms with Gasteiger partial charge in [0.05, 0.1) is 4.92 Å². The summed E-state index contributed by atoms with van der Waals surface area (Å²) in [7, 11) is 0. The molecule has 1 amide bonds. The van der Waals surface area contributed by atoms with E-state index in [-0.39, 0.29) is 16.5 Å². The Morgan fingerprint density at radius 1 is 1.07 bits per heavy atom. The number of carbonyl (C=O) groups excluding carboxylic acids is 1. The van der Waals surface area contributed by atoms with Crippen LogP contribution in [0.4, 0.5) is 11.4 Å². The van der Waals surface area contributed by atoms with E-state index in [1.165, 1.54) is 17.0 Å². The molecule has 2 heterocycles. The van der Waals surface area contributed by atoms with Crippen molar-refractivity contribution >= 4 is 28.2 Å². The summed E-state index contributed by atoms with van der Waals surface area (Å²) in [6, 6.07) is 14.8. The summed E-state index contributed by atoms with van der Waals surface area (Å²) in [6.45, 7) is 2.63. The van der Waals surface area contributed by atoms with Gasteiger partial charge in [0.1, 0.15) is 0 Å². The lowest BCUT2D eigenvalue weighted by molar-refractivity contribution is -0.384.